The van der Waals surface area contributed by atoms with Crippen LogP contribution in [-0.2, 0) is 19.4 Å². The van der Waals surface area contributed by atoms with Crippen LogP contribution in [0.1, 0.15) is 43.4 Å². The van der Waals surface area contributed by atoms with E-state index in [4.69, 9.17) is 4.74 Å². The van der Waals surface area contributed by atoms with Gasteiger partial charge in [-0.3, -0.25) is 0 Å². The van der Waals surface area contributed by atoms with Crippen molar-refractivity contribution in [3.8, 4) is 5.75 Å². The fourth-order valence-electron chi connectivity index (χ4n) is 3.19. The van der Waals surface area contributed by atoms with Crippen molar-refractivity contribution in [2.24, 2.45) is 0 Å². The van der Waals surface area contributed by atoms with Crippen LogP contribution in [-0.4, -0.2) is 40.0 Å². The molecule has 146 valence electrons. The number of carbonyl (C=O) groups is 1. The minimum atomic E-state index is -0.189. The molecule has 2 heterocycles. The monoisotopic (exact) mass is 371 g/mol. The van der Waals surface area contributed by atoms with Crippen molar-refractivity contribution in [3.05, 3.63) is 41.5 Å². The number of urea groups is 1. The van der Waals surface area contributed by atoms with Crippen LogP contribution in [0.3, 0.4) is 0 Å². The lowest BCUT2D eigenvalue weighted by Crippen LogP contribution is -2.43. The van der Waals surface area contributed by atoms with E-state index in [2.05, 4.69) is 25.4 Å². The fourth-order valence-corrected chi connectivity index (χ4v) is 3.19. The van der Waals surface area contributed by atoms with Crippen LogP contribution >= 0.6 is 0 Å². The fraction of sp³-hybridized carbons (Fsp3) is 0.550. The molecule has 1 aliphatic heterocycles. The summed E-state index contributed by atoms with van der Waals surface area (Å²) in [5, 5.41) is 14.4. The molecule has 1 atom stereocenters. The first-order chi connectivity index (χ1) is 13.1. The number of ether oxygens (including phenoxy) is 1. The summed E-state index contributed by atoms with van der Waals surface area (Å²) in [4.78, 5) is 12.1. The lowest BCUT2D eigenvalue weighted by molar-refractivity contribution is 0.226. The Morgan fingerprint density at radius 3 is 2.85 bits per heavy atom. The highest BCUT2D eigenvalue weighted by Crippen LogP contribution is 2.14. The Kier molecular flexibility index (Phi) is 6.68. The third-order valence-corrected chi connectivity index (χ3v) is 4.72. The summed E-state index contributed by atoms with van der Waals surface area (Å²) >= 11 is 0. The number of amides is 2. The van der Waals surface area contributed by atoms with Gasteiger partial charge < -0.3 is 19.9 Å². The number of rotatable bonds is 7. The van der Waals surface area contributed by atoms with Crippen molar-refractivity contribution < 1.29 is 9.53 Å². The van der Waals surface area contributed by atoms with Crippen LogP contribution in [0.5, 0.6) is 5.75 Å². The highest BCUT2D eigenvalue weighted by atomic mass is 16.5. The van der Waals surface area contributed by atoms with Gasteiger partial charge in [-0.05, 0) is 38.8 Å². The molecular formula is C20H29N5O2. The third-order valence-electron chi connectivity index (χ3n) is 4.72. The zero-order chi connectivity index (χ0) is 19.1. The van der Waals surface area contributed by atoms with E-state index in [1.54, 1.807) is 0 Å². The van der Waals surface area contributed by atoms with E-state index in [0.717, 1.165) is 30.4 Å². The molecule has 2 aromatic rings. The first-order valence-corrected chi connectivity index (χ1v) is 9.76. The maximum atomic E-state index is 12.1. The molecule has 27 heavy (non-hydrogen) atoms. The van der Waals surface area contributed by atoms with Gasteiger partial charge >= 0.3 is 6.03 Å². The van der Waals surface area contributed by atoms with Crippen molar-refractivity contribution >= 4 is 6.03 Å². The van der Waals surface area contributed by atoms with Gasteiger partial charge in [-0.15, -0.1) is 10.2 Å². The molecule has 0 fully saturated rings. The molecule has 1 aliphatic rings. The summed E-state index contributed by atoms with van der Waals surface area (Å²) in [6.45, 7) is 5.91. The standard InChI is InChI=1S/C20H29N5O2/c1-15-7-9-17(10-8-15)27-14-16(2)22-20(26)21-12-11-19-24-23-18-6-4-3-5-13-25(18)19/h7-10,16H,3-6,11-14H2,1-2H3,(H2,21,22,26)/t16-/m0/s1. The van der Waals surface area contributed by atoms with Crippen LogP contribution < -0.4 is 15.4 Å². The largest absolute Gasteiger partial charge is 0.491 e. The molecule has 3 rings (SSSR count). The second kappa shape index (κ2) is 9.39. The van der Waals surface area contributed by atoms with Gasteiger partial charge in [0.25, 0.3) is 0 Å². The Morgan fingerprint density at radius 1 is 1.22 bits per heavy atom. The maximum absolute atomic E-state index is 12.1. The summed E-state index contributed by atoms with van der Waals surface area (Å²) in [6.07, 6.45) is 5.28. The van der Waals surface area contributed by atoms with Crippen molar-refractivity contribution in [1.82, 2.24) is 25.4 Å². The normalized spacial score (nSPS) is 14.7. The number of nitrogens with zero attached hydrogens (tertiary/aromatic N) is 3. The van der Waals surface area contributed by atoms with E-state index in [0.29, 0.717) is 19.6 Å². The van der Waals surface area contributed by atoms with Crippen molar-refractivity contribution in [1.29, 1.82) is 0 Å². The number of benzene rings is 1. The van der Waals surface area contributed by atoms with Gasteiger partial charge in [0.1, 0.15) is 24.0 Å². The van der Waals surface area contributed by atoms with Crippen LogP contribution in [0.2, 0.25) is 0 Å². The van der Waals surface area contributed by atoms with Crippen molar-refractivity contribution in [2.45, 2.75) is 58.5 Å². The van der Waals surface area contributed by atoms with Crippen LogP contribution in [0.4, 0.5) is 4.79 Å². The number of fused-ring (bicyclic) bond motifs is 1. The molecule has 1 aromatic carbocycles. The Balaban J connectivity index is 1.37. The SMILES string of the molecule is Cc1ccc(OC[C@H](C)NC(=O)NCCc2nnc3n2CCCCC3)cc1. The summed E-state index contributed by atoms with van der Waals surface area (Å²) in [5.74, 6) is 2.85. The van der Waals surface area contributed by atoms with E-state index >= 15 is 0 Å². The van der Waals surface area contributed by atoms with Crippen molar-refractivity contribution in [2.75, 3.05) is 13.2 Å². The highest BCUT2D eigenvalue weighted by Gasteiger charge is 2.14. The van der Waals surface area contributed by atoms with Gasteiger partial charge in [0, 0.05) is 25.9 Å². The predicted molar refractivity (Wildman–Crippen MR) is 104 cm³/mol. The lowest BCUT2D eigenvalue weighted by Gasteiger charge is -2.16. The molecule has 0 saturated carbocycles. The lowest BCUT2D eigenvalue weighted by atomic mass is 10.2. The number of hydrogen-bond donors (Lipinski definition) is 2. The molecule has 0 spiro atoms. The third kappa shape index (κ3) is 5.70. The maximum Gasteiger partial charge on any atom is 0.315 e. The number of hydrogen-bond acceptors (Lipinski definition) is 4. The molecule has 2 N–H and O–H groups in total. The minimum Gasteiger partial charge on any atom is -0.491 e. The van der Waals surface area contributed by atoms with Crippen LogP contribution in [0.15, 0.2) is 24.3 Å². The Hall–Kier alpha value is -2.57. The smallest absolute Gasteiger partial charge is 0.315 e. The molecule has 0 saturated heterocycles. The average Bonchev–Trinajstić information content (AvgIpc) is 2.88. The van der Waals surface area contributed by atoms with Crippen molar-refractivity contribution in [3.63, 3.8) is 0 Å². The molecule has 7 nitrogen and oxygen atoms in total. The van der Waals surface area contributed by atoms with Gasteiger partial charge in [-0.25, -0.2) is 4.79 Å². The number of aryl methyl sites for hydroxylation is 2. The van der Waals surface area contributed by atoms with E-state index in [-0.39, 0.29) is 12.1 Å². The molecule has 0 bridgehead atoms. The highest BCUT2D eigenvalue weighted by molar-refractivity contribution is 5.74. The van der Waals surface area contributed by atoms with E-state index in [1.165, 1.54) is 24.8 Å². The predicted octanol–water partition coefficient (Wildman–Crippen LogP) is 2.62. The summed E-state index contributed by atoms with van der Waals surface area (Å²) in [5.41, 5.74) is 1.19. The molecule has 1 aromatic heterocycles. The molecule has 0 aliphatic carbocycles. The molecule has 0 radical (unpaired) electrons. The van der Waals surface area contributed by atoms with E-state index in [9.17, 15) is 4.79 Å². The Morgan fingerprint density at radius 2 is 2.04 bits per heavy atom. The molecule has 0 unspecified atom stereocenters. The van der Waals surface area contributed by atoms with Crippen LogP contribution in [0.25, 0.3) is 0 Å². The molecule has 2 amide bonds. The van der Waals surface area contributed by atoms with Gasteiger partial charge in [0.05, 0.1) is 6.04 Å². The summed E-state index contributed by atoms with van der Waals surface area (Å²) in [6, 6.07) is 7.60. The van der Waals surface area contributed by atoms with Crippen LogP contribution in [0, 0.1) is 6.92 Å². The zero-order valence-corrected chi connectivity index (χ0v) is 16.2. The quantitative estimate of drug-likeness (QED) is 0.784. The van der Waals surface area contributed by atoms with Gasteiger partial charge in [0.2, 0.25) is 0 Å². The first kappa shape index (κ1) is 19.2. The Bertz CT molecular complexity index is 741. The second-order valence-electron chi connectivity index (χ2n) is 7.17. The van der Waals surface area contributed by atoms with E-state index in [1.807, 2.05) is 38.1 Å². The Labute approximate surface area is 160 Å². The first-order valence-electron chi connectivity index (χ1n) is 9.76. The molecule has 7 heteroatoms. The number of carbonyl (C=O) groups excluding carboxylic acids is 1. The summed E-state index contributed by atoms with van der Waals surface area (Å²) < 4.78 is 7.91. The zero-order valence-electron chi connectivity index (χ0n) is 16.2. The van der Waals surface area contributed by atoms with Gasteiger partial charge in [-0.2, -0.15) is 0 Å². The summed E-state index contributed by atoms with van der Waals surface area (Å²) in [7, 11) is 0. The topological polar surface area (TPSA) is 81.1 Å². The second-order valence-corrected chi connectivity index (χ2v) is 7.17. The van der Waals surface area contributed by atoms with E-state index < -0.39 is 0 Å². The average molecular weight is 371 g/mol. The van der Waals surface area contributed by atoms with Gasteiger partial charge in [-0.1, -0.05) is 24.1 Å². The van der Waals surface area contributed by atoms with Gasteiger partial charge in [0.15, 0.2) is 0 Å². The number of aromatic nitrogens is 3. The number of nitrogens with one attached hydrogen (secondary N) is 2. The minimum absolute atomic E-state index is 0.0873. The molecular weight excluding hydrogens is 342 g/mol.